The lowest BCUT2D eigenvalue weighted by Gasteiger charge is -2.38. The number of ketones is 1. The molecule has 3 rings (SSSR count). The SMILES string of the molecule is Cc1ccc2c(c1)CC[C@@H]1CC(=O)C=CN21. The molecule has 1 atom stereocenters. The van der Waals surface area contributed by atoms with Crippen molar-refractivity contribution in [2.45, 2.75) is 32.2 Å². The van der Waals surface area contributed by atoms with Crippen molar-refractivity contribution < 1.29 is 4.79 Å². The summed E-state index contributed by atoms with van der Waals surface area (Å²) in [4.78, 5) is 13.6. The van der Waals surface area contributed by atoms with E-state index in [1.54, 1.807) is 6.08 Å². The molecule has 0 unspecified atom stereocenters. The number of nitrogens with zero attached hydrogens (tertiary/aromatic N) is 1. The first-order valence-electron chi connectivity index (χ1n) is 5.83. The summed E-state index contributed by atoms with van der Waals surface area (Å²) in [5, 5.41) is 0. The Bertz CT molecular complexity index is 476. The van der Waals surface area contributed by atoms with Crippen LogP contribution in [-0.2, 0) is 11.2 Å². The second-order valence-electron chi connectivity index (χ2n) is 4.72. The Labute approximate surface area is 95.6 Å². The number of hydrogen-bond acceptors (Lipinski definition) is 2. The van der Waals surface area contributed by atoms with Crippen LogP contribution in [0.15, 0.2) is 30.5 Å². The fraction of sp³-hybridized carbons (Fsp3) is 0.357. The Morgan fingerprint density at radius 3 is 3.12 bits per heavy atom. The summed E-state index contributed by atoms with van der Waals surface area (Å²) in [6, 6.07) is 6.96. The first-order chi connectivity index (χ1) is 7.74. The third kappa shape index (κ3) is 1.45. The summed E-state index contributed by atoms with van der Waals surface area (Å²) >= 11 is 0. The zero-order valence-electron chi connectivity index (χ0n) is 9.44. The van der Waals surface area contributed by atoms with Crippen LogP contribution in [0.3, 0.4) is 0 Å². The number of benzene rings is 1. The van der Waals surface area contributed by atoms with Crippen molar-refractivity contribution in [2.75, 3.05) is 4.90 Å². The molecule has 2 aliphatic rings. The summed E-state index contributed by atoms with van der Waals surface area (Å²) in [7, 11) is 0. The smallest absolute Gasteiger partial charge is 0.159 e. The Balaban J connectivity index is 2.06. The Morgan fingerprint density at radius 1 is 1.38 bits per heavy atom. The van der Waals surface area contributed by atoms with Crippen molar-refractivity contribution in [3.05, 3.63) is 41.6 Å². The van der Waals surface area contributed by atoms with Gasteiger partial charge in [0.2, 0.25) is 0 Å². The number of rotatable bonds is 0. The quantitative estimate of drug-likeness (QED) is 0.660. The molecular weight excluding hydrogens is 198 g/mol. The van der Waals surface area contributed by atoms with Crippen LogP contribution in [0.2, 0.25) is 0 Å². The van der Waals surface area contributed by atoms with Crippen molar-refractivity contribution in [1.29, 1.82) is 0 Å². The Morgan fingerprint density at radius 2 is 2.25 bits per heavy atom. The van der Waals surface area contributed by atoms with Gasteiger partial charge < -0.3 is 4.90 Å². The molecule has 0 saturated heterocycles. The number of hydrogen-bond donors (Lipinski definition) is 0. The molecule has 2 aliphatic heterocycles. The Kier molecular flexibility index (Phi) is 2.10. The lowest BCUT2D eigenvalue weighted by atomic mass is 9.90. The number of fused-ring (bicyclic) bond motifs is 3. The molecule has 16 heavy (non-hydrogen) atoms. The van der Waals surface area contributed by atoms with Gasteiger partial charge in [-0.25, -0.2) is 0 Å². The average Bonchev–Trinajstić information content (AvgIpc) is 2.28. The lowest BCUT2D eigenvalue weighted by molar-refractivity contribution is -0.115. The average molecular weight is 213 g/mol. The number of allylic oxidation sites excluding steroid dienone is 1. The number of anilines is 1. The van der Waals surface area contributed by atoms with Crippen LogP contribution in [0, 0.1) is 6.92 Å². The van der Waals surface area contributed by atoms with Crippen molar-refractivity contribution in [3.8, 4) is 0 Å². The second kappa shape index (κ2) is 3.48. The molecule has 2 heteroatoms. The number of carbonyl (C=O) groups is 1. The van der Waals surface area contributed by atoms with Gasteiger partial charge in [0.25, 0.3) is 0 Å². The molecule has 0 fully saturated rings. The molecule has 82 valence electrons. The van der Waals surface area contributed by atoms with Gasteiger partial charge in [-0.15, -0.1) is 0 Å². The number of carbonyl (C=O) groups excluding carboxylic acids is 1. The highest BCUT2D eigenvalue weighted by Gasteiger charge is 2.28. The van der Waals surface area contributed by atoms with E-state index in [-0.39, 0.29) is 5.78 Å². The fourth-order valence-electron chi connectivity index (χ4n) is 2.69. The molecule has 0 radical (unpaired) electrons. The van der Waals surface area contributed by atoms with E-state index in [1.165, 1.54) is 16.8 Å². The molecule has 1 aromatic rings. The third-order valence-electron chi connectivity index (χ3n) is 3.51. The van der Waals surface area contributed by atoms with Gasteiger partial charge >= 0.3 is 0 Å². The maximum Gasteiger partial charge on any atom is 0.159 e. The fourth-order valence-corrected chi connectivity index (χ4v) is 2.69. The van der Waals surface area contributed by atoms with E-state index in [0.717, 1.165) is 12.8 Å². The zero-order chi connectivity index (χ0) is 11.1. The van der Waals surface area contributed by atoms with Crippen LogP contribution in [0.1, 0.15) is 24.0 Å². The van der Waals surface area contributed by atoms with Gasteiger partial charge in [0.05, 0.1) is 0 Å². The minimum atomic E-state index is 0.261. The minimum absolute atomic E-state index is 0.261. The van der Waals surface area contributed by atoms with Gasteiger partial charge in [-0.05, 0) is 37.5 Å². The van der Waals surface area contributed by atoms with E-state index in [0.29, 0.717) is 12.5 Å². The molecule has 2 heterocycles. The van der Waals surface area contributed by atoms with Crippen LogP contribution in [0.25, 0.3) is 0 Å². The minimum Gasteiger partial charge on any atom is -0.344 e. The molecule has 0 bridgehead atoms. The van der Waals surface area contributed by atoms with Gasteiger partial charge in [0, 0.05) is 24.4 Å². The summed E-state index contributed by atoms with van der Waals surface area (Å²) < 4.78 is 0. The van der Waals surface area contributed by atoms with Crippen molar-refractivity contribution in [1.82, 2.24) is 0 Å². The molecule has 0 spiro atoms. The molecule has 1 aromatic carbocycles. The molecule has 0 amide bonds. The summed E-state index contributed by atoms with van der Waals surface area (Å²) in [6.07, 6.45) is 6.50. The van der Waals surface area contributed by atoms with Crippen LogP contribution in [0.4, 0.5) is 5.69 Å². The second-order valence-corrected chi connectivity index (χ2v) is 4.72. The van der Waals surface area contributed by atoms with Crippen molar-refractivity contribution in [3.63, 3.8) is 0 Å². The predicted octanol–water partition coefficient (Wildman–Crippen LogP) is 2.60. The molecule has 0 saturated carbocycles. The third-order valence-corrected chi connectivity index (χ3v) is 3.51. The van der Waals surface area contributed by atoms with E-state index >= 15 is 0 Å². The van der Waals surface area contributed by atoms with E-state index in [1.807, 2.05) is 6.20 Å². The van der Waals surface area contributed by atoms with Crippen LogP contribution in [-0.4, -0.2) is 11.8 Å². The van der Waals surface area contributed by atoms with Gasteiger partial charge in [-0.2, -0.15) is 0 Å². The van der Waals surface area contributed by atoms with E-state index in [9.17, 15) is 4.79 Å². The highest BCUT2D eigenvalue weighted by molar-refractivity contribution is 5.92. The topological polar surface area (TPSA) is 20.3 Å². The Hall–Kier alpha value is -1.57. The maximum absolute atomic E-state index is 11.4. The van der Waals surface area contributed by atoms with Crippen molar-refractivity contribution >= 4 is 11.5 Å². The molecule has 0 N–H and O–H groups in total. The first kappa shape index (κ1) is 9.64. The van der Waals surface area contributed by atoms with Crippen molar-refractivity contribution in [2.24, 2.45) is 0 Å². The molecular formula is C14H15NO. The maximum atomic E-state index is 11.4. The summed E-state index contributed by atoms with van der Waals surface area (Å²) in [5.41, 5.74) is 4.01. The van der Waals surface area contributed by atoms with E-state index in [4.69, 9.17) is 0 Å². The standard InChI is InChI=1S/C14H15NO/c1-10-2-5-14-11(8-10)3-4-12-9-13(16)6-7-15(12)14/h2,5-8,12H,3-4,9H2,1H3/t12-/m1/s1. The van der Waals surface area contributed by atoms with Gasteiger partial charge in [-0.1, -0.05) is 17.7 Å². The van der Waals surface area contributed by atoms with E-state index in [2.05, 4.69) is 30.0 Å². The highest BCUT2D eigenvalue weighted by atomic mass is 16.1. The highest BCUT2D eigenvalue weighted by Crippen LogP contribution is 2.34. The van der Waals surface area contributed by atoms with Gasteiger partial charge in [-0.3, -0.25) is 4.79 Å². The number of aryl methyl sites for hydroxylation is 2. The van der Waals surface area contributed by atoms with Gasteiger partial charge in [0.1, 0.15) is 0 Å². The van der Waals surface area contributed by atoms with Crippen LogP contribution >= 0.6 is 0 Å². The largest absolute Gasteiger partial charge is 0.344 e. The summed E-state index contributed by atoms with van der Waals surface area (Å²) in [6.45, 7) is 2.13. The van der Waals surface area contributed by atoms with E-state index < -0.39 is 0 Å². The predicted molar refractivity (Wildman–Crippen MR) is 64.5 cm³/mol. The zero-order valence-corrected chi connectivity index (χ0v) is 9.44. The lowest BCUT2D eigenvalue weighted by Crippen LogP contribution is -2.39. The monoisotopic (exact) mass is 213 g/mol. The molecule has 0 aliphatic carbocycles. The van der Waals surface area contributed by atoms with Crippen LogP contribution < -0.4 is 4.90 Å². The normalized spacial score (nSPS) is 22.9. The van der Waals surface area contributed by atoms with Crippen LogP contribution in [0.5, 0.6) is 0 Å². The summed E-state index contributed by atoms with van der Waals surface area (Å²) in [5.74, 6) is 0.261. The first-order valence-corrected chi connectivity index (χ1v) is 5.83. The van der Waals surface area contributed by atoms with Gasteiger partial charge in [0.15, 0.2) is 5.78 Å². The molecule has 2 nitrogen and oxygen atoms in total. The molecule has 0 aromatic heterocycles.